The van der Waals surface area contributed by atoms with Crippen molar-refractivity contribution in [3.63, 3.8) is 0 Å². The molecule has 1 aromatic rings. The molecule has 0 radical (unpaired) electrons. The fraction of sp³-hybridized carbons (Fsp3) is 0.429. The third-order valence-corrected chi connectivity index (χ3v) is 3.11. The van der Waals surface area contributed by atoms with Gasteiger partial charge in [0, 0.05) is 18.7 Å². The van der Waals surface area contributed by atoms with Crippen LogP contribution in [-0.4, -0.2) is 29.7 Å². The number of aliphatic carboxylic acids is 1. The van der Waals surface area contributed by atoms with E-state index in [1.54, 1.807) is 6.07 Å². The Balaban J connectivity index is 2.02. The van der Waals surface area contributed by atoms with Gasteiger partial charge in [0.2, 0.25) is 0 Å². The summed E-state index contributed by atoms with van der Waals surface area (Å²) in [5.74, 6) is -1.000. The van der Waals surface area contributed by atoms with E-state index in [9.17, 15) is 9.59 Å². The maximum atomic E-state index is 12.0. The zero-order valence-corrected chi connectivity index (χ0v) is 10.6. The number of hydrogen-bond donors (Lipinski definition) is 2. The minimum absolute atomic E-state index is 0.0484. The van der Waals surface area contributed by atoms with Gasteiger partial charge in [-0.05, 0) is 30.9 Å². The Morgan fingerprint density at radius 2 is 2.16 bits per heavy atom. The van der Waals surface area contributed by atoms with Crippen LogP contribution in [0.5, 0.6) is 0 Å². The molecule has 0 saturated carbocycles. The standard InChI is InChI=1S/C14H17NO4/c16-13(17)8-7-10-4-1-2-5-11(10)15-14(18)12-6-3-9-19-12/h1-2,4-5,12H,3,6-9H2,(H,15,18)(H,16,17). The average molecular weight is 263 g/mol. The molecule has 2 N–H and O–H groups in total. The normalized spacial score (nSPS) is 18.2. The van der Waals surface area contributed by atoms with Gasteiger partial charge in [-0.2, -0.15) is 0 Å². The summed E-state index contributed by atoms with van der Waals surface area (Å²) in [6.07, 6.45) is 1.71. The number of nitrogens with one attached hydrogen (secondary N) is 1. The van der Waals surface area contributed by atoms with E-state index in [4.69, 9.17) is 9.84 Å². The Hall–Kier alpha value is -1.88. The fourth-order valence-corrected chi connectivity index (χ4v) is 2.10. The Labute approximate surface area is 111 Å². The molecule has 0 spiro atoms. The predicted octanol–water partition coefficient (Wildman–Crippen LogP) is 1.82. The Morgan fingerprint density at radius 3 is 2.84 bits per heavy atom. The lowest BCUT2D eigenvalue weighted by atomic mass is 10.1. The Kier molecular flexibility index (Phi) is 4.52. The monoisotopic (exact) mass is 263 g/mol. The van der Waals surface area contributed by atoms with E-state index in [0.29, 0.717) is 18.7 Å². The molecule has 5 nitrogen and oxygen atoms in total. The molecule has 1 heterocycles. The van der Waals surface area contributed by atoms with Crippen molar-refractivity contribution in [1.82, 2.24) is 0 Å². The molecule has 0 bridgehead atoms. The van der Waals surface area contributed by atoms with Crippen molar-refractivity contribution in [1.29, 1.82) is 0 Å². The van der Waals surface area contributed by atoms with Gasteiger partial charge in [-0.15, -0.1) is 0 Å². The van der Waals surface area contributed by atoms with E-state index in [1.165, 1.54) is 0 Å². The summed E-state index contributed by atoms with van der Waals surface area (Å²) >= 11 is 0. The number of ether oxygens (including phenoxy) is 1. The van der Waals surface area contributed by atoms with E-state index in [2.05, 4.69) is 5.32 Å². The van der Waals surface area contributed by atoms with Gasteiger partial charge >= 0.3 is 5.97 Å². The summed E-state index contributed by atoms with van der Waals surface area (Å²) in [6, 6.07) is 7.26. The van der Waals surface area contributed by atoms with Crippen LogP contribution in [0.2, 0.25) is 0 Å². The van der Waals surface area contributed by atoms with Crippen LogP contribution in [0.15, 0.2) is 24.3 Å². The molecule has 1 fully saturated rings. The second kappa shape index (κ2) is 6.33. The lowest BCUT2D eigenvalue weighted by Gasteiger charge is -2.13. The minimum atomic E-state index is -0.847. The minimum Gasteiger partial charge on any atom is -0.481 e. The third-order valence-electron chi connectivity index (χ3n) is 3.11. The molecular weight excluding hydrogens is 246 g/mol. The highest BCUT2D eigenvalue weighted by atomic mass is 16.5. The lowest BCUT2D eigenvalue weighted by molar-refractivity contribution is -0.137. The number of para-hydroxylation sites is 1. The van der Waals surface area contributed by atoms with Crippen LogP contribution in [0.3, 0.4) is 0 Å². The Morgan fingerprint density at radius 1 is 1.37 bits per heavy atom. The first kappa shape index (κ1) is 13.5. The summed E-state index contributed by atoms with van der Waals surface area (Å²) < 4.78 is 5.32. The van der Waals surface area contributed by atoms with Crippen molar-refractivity contribution in [3.8, 4) is 0 Å². The second-order valence-corrected chi connectivity index (χ2v) is 4.54. The average Bonchev–Trinajstić information content (AvgIpc) is 2.91. The van der Waals surface area contributed by atoms with Crippen LogP contribution in [0, 0.1) is 0 Å². The molecule has 0 aromatic heterocycles. The van der Waals surface area contributed by atoms with Crippen molar-refractivity contribution < 1.29 is 19.4 Å². The van der Waals surface area contributed by atoms with Gasteiger partial charge in [0.15, 0.2) is 0 Å². The van der Waals surface area contributed by atoms with Crippen LogP contribution in [0.25, 0.3) is 0 Å². The lowest BCUT2D eigenvalue weighted by Crippen LogP contribution is -2.27. The molecule has 1 amide bonds. The number of rotatable bonds is 5. The number of carboxylic acid groups (broad SMARTS) is 1. The van der Waals surface area contributed by atoms with Crippen LogP contribution in [0.4, 0.5) is 5.69 Å². The van der Waals surface area contributed by atoms with Gasteiger partial charge in [0.1, 0.15) is 6.10 Å². The molecule has 1 saturated heterocycles. The fourth-order valence-electron chi connectivity index (χ4n) is 2.10. The first-order valence-corrected chi connectivity index (χ1v) is 6.39. The van der Waals surface area contributed by atoms with E-state index in [1.807, 2.05) is 18.2 Å². The van der Waals surface area contributed by atoms with Crippen LogP contribution < -0.4 is 5.32 Å². The largest absolute Gasteiger partial charge is 0.481 e. The van der Waals surface area contributed by atoms with Crippen LogP contribution >= 0.6 is 0 Å². The van der Waals surface area contributed by atoms with Gasteiger partial charge < -0.3 is 15.2 Å². The molecule has 1 atom stereocenters. The highest BCUT2D eigenvalue weighted by Crippen LogP contribution is 2.19. The van der Waals surface area contributed by atoms with Crippen molar-refractivity contribution in [3.05, 3.63) is 29.8 Å². The van der Waals surface area contributed by atoms with Crippen LogP contribution in [-0.2, 0) is 20.7 Å². The molecule has 2 rings (SSSR count). The number of amides is 1. The molecular formula is C14H17NO4. The number of carbonyl (C=O) groups is 2. The molecule has 5 heteroatoms. The van der Waals surface area contributed by atoms with E-state index < -0.39 is 5.97 Å². The number of benzene rings is 1. The third kappa shape index (κ3) is 3.79. The summed E-state index contributed by atoms with van der Waals surface area (Å²) in [5, 5.41) is 11.5. The van der Waals surface area contributed by atoms with Crippen molar-refractivity contribution in [2.45, 2.75) is 31.8 Å². The summed E-state index contributed by atoms with van der Waals surface area (Å²) in [5.41, 5.74) is 1.50. The molecule has 1 unspecified atom stereocenters. The smallest absolute Gasteiger partial charge is 0.303 e. The number of hydrogen-bond acceptors (Lipinski definition) is 3. The van der Waals surface area contributed by atoms with E-state index >= 15 is 0 Å². The van der Waals surface area contributed by atoms with Crippen molar-refractivity contribution in [2.75, 3.05) is 11.9 Å². The first-order valence-electron chi connectivity index (χ1n) is 6.39. The van der Waals surface area contributed by atoms with Crippen molar-refractivity contribution >= 4 is 17.6 Å². The Bertz CT molecular complexity index is 466. The molecule has 102 valence electrons. The second-order valence-electron chi connectivity index (χ2n) is 4.54. The van der Waals surface area contributed by atoms with Gasteiger partial charge in [-0.25, -0.2) is 0 Å². The maximum absolute atomic E-state index is 12.0. The first-order chi connectivity index (χ1) is 9.16. The molecule has 1 aliphatic heterocycles. The highest BCUT2D eigenvalue weighted by Gasteiger charge is 2.23. The van der Waals surface area contributed by atoms with Gasteiger partial charge in [0.25, 0.3) is 5.91 Å². The zero-order valence-electron chi connectivity index (χ0n) is 10.6. The number of aryl methyl sites for hydroxylation is 1. The molecule has 19 heavy (non-hydrogen) atoms. The molecule has 1 aromatic carbocycles. The topological polar surface area (TPSA) is 75.6 Å². The summed E-state index contributed by atoms with van der Waals surface area (Å²) in [6.45, 7) is 0.624. The summed E-state index contributed by atoms with van der Waals surface area (Å²) in [4.78, 5) is 22.6. The molecule has 0 aliphatic carbocycles. The van der Waals surface area contributed by atoms with Crippen LogP contribution in [0.1, 0.15) is 24.8 Å². The summed E-state index contributed by atoms with van der Waals surface area (Å²) in [7, 11) is 0. The highest BCUT2D eigenvalue weighted by molar-refractivity contribution is 5.95. The van der Waals surface area contributed by atoms with Crippen molar-refractivity contribution in [2.24, 2.45) is 0 Å². The predicted molar refractivity (Wildman–Crippen MR) is 70.0 cm³/mol. The quantitative estimate of drug-likeness (QED) is 0.849. The van der Waals surface area contributed by atoms with E-state index in [0.717, 1.165) is 18.4 Å². The van der Waals surface area contributed by atoms with Gasteiger partial charge in [0.05, 0.1) is 0 Å². The van der Waals surface area contributed by atoms with Gasteiger partial charge in [-0.3, -0.25) is 9.59 Å². The maximum Gasteiger partial charge on any atom is 0.303 e. The number of carboxylic acids is 1. The van der Waals surface area contributed by atoms with E-state index in [-0.39, 0.29) is 18.4 Å². The number of anilines is 1. The SMILES string of the molecule is O=C(O)CCc1ccccc1NC(=O)C1CCCO1. The van der Waals surface area contributed by atoms with Gasteiger partial charge in [-0.1, -0.05) is 18.2 Å². The molecule has 1 aliphatic rings. The zero-order chi connectivity index (χ0) is 13.7. The number of carbonyl (C=O) groups excluding carboxylic acids is 1.